The third-order valence-corrected chi connectivity index (χ3v) is 4.80. The van der Waals surface area contributed by atoms with E-state index in [1.807, 2.05) is 19.1 Å². The molecule has 1 aromatic heterocycles. The van der Waals surface area contributed by atoms with Gasteiger partial charge >= 0.3 is 0 Å². The predicted molar refractivity (Wildman–Crippen MR) is 86.1 cm³/mol. The smallest absolute Gasteiger partial charge is 0.267 e. The SMILES string of the molecule is Cc1ccc(NC(=O)c2cnc3n(c2=O)CCS3)c(Br)c1. The van der Waals surface area contributed by atoms with Crippen LogP contribution in [0.5, 0.6) is 0 Å². The van der Waals surface area contributed by atoms with Crippen LogP contribution in [0.15, 0.2) is 38.8 Å². The monoisotopic (exact) mass is 365 g/mol. The number of anilines is 1. The van der Waals surface area contributed by atoms with Gasteiger partial charge in [-0.25, -0.2) is 4.98 Å². The van der Waals surface area contributed by atoms with Crippen molar-refractivity contribution < 1.29 is 4.79 Å². The maximum atomic E-state index is 12.3. The van der Waals surface area contributed by atoms with E-state index in [2.05, 4.69) is 26.2 Å². The molecule has 5 nitrogen and oxygen atoms in total. The molecule has 2 aromatic rings. The number of benzene rings is 1. The van der Waals surface area contributed by atoms with Crippen LogP contribution in [-0.2, 0) is 6.54 Å². The van der Waals surface area contributed by atoms with E-state index in [9.17, 15) is 9.59 Å². The Morgan fingerprint density at radius 2 is 2.29 bits per heavy atom. The zero-order valence-electron chi connectivity index (χ0n) is 11.2. The first-order valence-electron chi connectivity index (χ1n) is 6.36. The highest BCUT2D eigenvalue weighted by Gasteiger charge is 2.20. The van der Waals surface area contributed by atoms with Crippen LogP contribution in [0.2, 0.25) is 0 Å². The molecule has 1 aliphatic rings. The number of amides is 1. The average molecular weight is 366 g/mol. The van der Waals surface area contributed by atoms with Crippen molar-refractivity contribution in [1.29, 1.82) is 0 Å². The second kappa shape index (κ2) is 5.65. The molecule has 1 aromatic carbocycles. The number of thioether (sulfide) groups is 1. The van der Waals surface area contributed by atoms with E-state index in [1.165, 1.54) is 18.0 Å². The molecule has 2 heterocycles. The van der Waals surface area contributed by atoms with Gasteiger partial charge in [0, 0.05) is 23.0 Å². The van der Waals surface area contributed by atoms with Crippen LogP contribution in [0.25, 0.3) is 0 Å². The molecule has 3 rings (SSSR count). The summed E-state index contributed by atoms with van der Waals surface area (Å²) < 4.78 is 2.32. The van der Waals surface area contributed by atoms with Gasteiger partial charge in [0.25, 0.3) is 11.5 Å². The lowest BCUT2D eigenvalue weighted by Gasteiger charge is -2.09. The lowest BCUT2D eigenvalue weighted by Crippen LogP contribution is -2.29. The Kier molecular flexibility index (Phi) is 3.86. The zero-order valence-corrected chi connectivity index (χ0v) is 13.6. The number of nitrogens with zero attached hydrogens (tertiary/aromatic N) is 2. The summed E-state index contributed by atoms with van der Waals surface area (Å²) in [6, 6.07) is 5.59. The minimum atomic E-state index is -0.441. The third kappa shape index (κ3) is 2.75. The van der Waals surface area contributed by atoms with Crippen molar-refractivity contribution in [1.82, 2.24) is 9.55 Å². The summed E-state index contributed by atoms with van der Waals surface area (Å²) in [5, 5.41) is 3.41. The van der Waals surface area contributed by atoms with Gasteiger partial charge in [-0.05, 0) is 40.5 Å². The summed E-state index contributed by atoms with van der Waals surface area (Å²) in [6.07, 6.45) is 1.35. The molecule has 0 aliphatic carbocycles. The van der Waals surface area contributed by atoms with Gasteiger partial charge < -0.3 is 5.32 Å². The van der Waals surface area contributed by atoms with Gasteiger partial charge in [0.15, 0.2) is 5.16 Å². The van der Waals surface area contributed by atoms with Crippen molar-refractivity contribution in [3.8, 4) is 0 Å². The molecule has 108 valence electrons. The molecular weight excluding hydrogens is 354 g/mol. The van der Waals surface area contributed by atoms with Gasteiger partial charge in [0.05, 0.1) is 5.69 Å². The van der Waals surface area contributed by atoms with E-state index in [0.29, 0.717) is 17.4 Å². The highest BCUT2D eigenvalue weighted by molar-refractivity contribution is 9.10. The van der Waals surface area contributed by atoms with E-state index >= 15 is 0 Å². The number of aromatic nitrogens is 2. The predicted octanol–water partition coefficient (Wildman–Crippen LogP) is 2.67. The van der Waals surface area contributed by atoms with Crippen molar-refractivity contribution in [3.63, 3.8) is 0 Å². The van der Waals surface area contributed by atoms with Crippen molar-refractivity contribution in [2.24, 2.45) is 0 Å². The summed E-state index contributed by atoms with van der Waals surface area (Å²) in [5.41, 5.74) is 1.49. The Morgan fingerprint density at radius 1 is 1.48 bits per heavy atom. The fraction of sp³-hybridized carbons (Fsp3) is 0.214. The summed E-state index contributed by atoms with van der Waals surface area (Å²) in [6.45, 7) is 2.56. The molecule has 0 bridgehead atoms. The van der Waals surface area contributed by atoms with Gasteiger partial charge in [-0.1, -0.05) is 17.8 Å². The first kappa shape index (κ1) is 14.3. The number of halogens is 1. The largest absolute Gasteiger partial charge is 0.321 e. The zero-order chi connectivity index (χ0) is 15.0. The average Bonchev–Trinajstić information content (AvgIpc) is 2.91. The van der Waals surface area contributed by atoms with Crippen molar-refractivity contribution in [2.75, 3.05) is 11.1 Å². The topological polar surface area (TPSA) is 64.0 Å². The third-order valence-electron chi connectivity index (χ3n) is 3.17. The van der Waals surface area contributed by atoms with E-state index in [4.69, 9.17) is 0 Å². The van der Waals surface area contributed by atoms with Gasteiger partial charge in [-0.3, -0.25) is 14.2 Å². The van der Waals surface area contributed by atoms with Gasteiger partial charge in [-0.15, -0.1) is 0 Å². The Balaban J connectivity index is 1.91. The number of aryl methyl sites for hydroxylation is 1. The van der Waals surface area contributed by atoms with Crippen molar-refractivity contribution >= 4 is 39.3 Å². The number of carbonyl (C=O) groups excluding carboxylic acids is 1. The van der Waals surface area contributed by atoms with Crippen LogP contribution in [0.1, 0.15) is 15.9 Å². The van der Waals surface area contributed by atoms with Gasteiger partial charge in [0.1, 0.15) is 5.56 Å². The van der Waals surface area contributed by atoms with Gasteiger partial charge in [-0.2, -0.15) is 0 Å². The molecular formula is C14H12BrN3O2S. The number of carbonyl (C=O) groups is 1. The molecule has 0 radical (unpaired) electrons. The van der Waals surface area contributed by atoms with Crippen LogP contribution >= 0.6 is 27.7 Å². The molecule has 1 N–H and O–H groups in total. The first-order valence-corrected chi connectivity index (χ1v) is 8.14. The first-order chi connectivity index (χ1) is 10.1. The molecule has 0 fully saturated rings. The van der Waals surface area contributed by atoms with E-state index in [1.54, 1.807) is 10.6 Å². The van der Waals surface area contributed by atoms with Crippen LogP contribution in [0.4, 0.5) is 5.69 Å². The number of nitrogens with one attached hydrogen (secondary N) is 1. The lowest BCUT2D eigenvalue weighted by molar-refractivity contribution is 0.102. The second-order valence-corrected chi connectivity index (χ2v) is 6.61. The van der Waals surface area contributed by atoms with Crippen LogP contribution < -0.4 is 10.9 Å². The standard InChI is InChI=1S/C14H12BrN3O2S/c1-8-2-3-11(10(15)6-8)17-12(19)9-7-16-14-18(13(9)20)4-5-21-14/h2-3,6-7H,4-5H2,1H3,(H,17,19). The Hall–Kier alpha value is -1.60. The quantitative estimate of drug-likeness (QED) is 0.831. The Morgan fingerprint density at radius 3 is 3.05 bits per heavy atom. The van der Waals surface area contributed by atoms with Crippen LogP contribution in [0, 0.1) is 6.92 Å². The molecule has 0 saturated carbocycles. The fourth-order valence-electron chi connectivity index (χ4n) is 2.08. The molecule has 1 aliphatic heterocycles. The highest BCUT2D eigenvalue weighted by Crippen LogP contribution is 2.24. The number of rotatable bonds is 2. The maximum absolute atomic E-state index is 12.3. The molecule has 1 amide bonds. The minimum absolute atomic E-state index is 0.0636. The summed E-state index contributed by atoms with van der Waals surface area (Å²) in [4.78, 5) is 28.7. The molecule has 7 heteroatoms. The fourth-order valence-corrected chi connectivity index (χ4v) is 3.59. The summed E-state index contributed by atoms with van der Waals surface area (Å²) in [5.74, 6) is 0.376. The molecule has 0 spiro atoms. The maximum Gasteiger partial charge on any atom is 0.267 e. The number of hydrogen-bond donors (Lipinski definition) is 1. The van der Waals surface area contributed by atoms with Crippen molar-refractivity contribution in [3.05, 3.63) is 50.3 Å². The highest BCUT2D eigenvalue weighted by atomic mass is 79.9. The Labute approximate surface area is 133 Å². The van der Waals surface area contributed by atoms with Crippen LogP contribution in [0.3, 0.4) is 0 Å². The normalized spacial score (nSPS) is 13.0. The van der Waals surface area contributed by atoms with E-state index < -0.39 is 5.91 Å². The minimum Gasteiger partial charge on any atom is -0.321 e. The van der Waals surface area contributed by atoms with Gasteiger partial charge in [0.2, 0.25) is 0 Å². The van der Waals surface area contributed by atoms with E-state index in [0.717, 1.165) is 15.8 Å². The van der Waals surface area contributed by atoms with Crippen molar-refractivity contribution in [2.45, 2.75) is 18.6 Å². The second-order valence-electron chi connectivity index (χ2n) is 4.70. The number of hydrogen-bond acceptors (Lipinski definition) is 4. The Bertz CT molecular complexity index is 788. The molecule has 0 unspecified atom stereocenters. The lowest BCUT2D eigenvalue weighted by atomic mass is 10.2. The van der Waals surface area contributed by atoms with E-state index in [-0.39, 0.29) is 11.1 Å². The number of fused-ring (bicyclic) bond motifs is 1. The van der Waals surface area contributed by atoms with Crippen LogP contribution in [-0.4, -0.2) is 21.2 Å². The summed E-state index contributed by atoms with van der Waals surface area (Å²) in [7, 11) is 0. The molecule has 21 heavy (non-hydrogen) atoms. The molecule has 0 saturated heterocycles. The molecule has 0 atom stereocenters. The summed E-state index contributed by atoms with van der Waals surface area (Å²) >= 11 is 4.92.